The number of alkyl halides is 2. The third-order valence-corrected chi connectivity index (χ3v) is 5.51. The van der Waals surface area contributed by atoms with Gasteiger partial charge in [0.15, 0.2) is 5.76 Å². The van der Waals surface area contributed by atoms with Gasteiger partial charge in [-0.3, -0.25) is 4.79 Å². The summed E-state index contributed by atoms with van der Waals surface area (Å²) in [6.45, 7) is 0. The number of fused-ring (bicyclic) bond motifs is 2. The SMILES string of the molecule is O=C(NC1CC2C(C1)C2(F)F)c1cc(-c2ccco2)nc2ccccc12. The maximum atomic E-state index is 13.4. The molecule has 2 heterocycles. The van der Waals surface area contributed by atoms with Crippen molar-refractivity contribution in [2.75, 3.05) is 0 Å². The molecule has 26 heavy (non-hydrogen) atoms. The normalized spacial score (nSPS) is 25.8. The number of benzene rings is 1. The predicted octanol–water partition coefficient (Wildman–Crippen LogP) is 4.27. The largest absolute Gasteiger partial charge is 0.463 e. The molecule has 1 aromatic carbocycles. The number of aromatic nitrogens is 1. The first-order valence-corrected chi connectivity index (χ1v) is 8.66. The fourth-order valence-corrected chi connectivity index (χ4v) is 4.11. The predicted molar refractivity (Wildman–Crippen MR) is 91.9 cm³/mol. The fraction of sp³-hybridized carbons (Fsp3) is 0.300. The Labute approximate surface area is 148 Å². The van der Waals surface area contributed by atoms with Crippen LogP contribution in [0.1, 0.15) is 23.2 Å². The van der Waals surface area contributed by atoms with Crippen molar-refractivity contribution in [3.63, 3.8) is 0 Å². The van der Waals surface area contributed by atoms with Crippen molar-refractivity contribution in [3.8, 4) is 11.5 Å². The Morgan fingerprint density at radius 3 is 2.65 bits per heavy atom. The molecule has 0 aliphatic heterocycles. The Kier molecular flexibility index (Phi) is 3.20. The number of furan rings is 1. The van der Waals surface area contributed by atoms with E-state index in [1.807, 2.05) is 24.3 Å². The van der Waals surface area contributed by atoms with Crippen LogP contribution in [0, 0.1) is 11.8 Å². The number of amides is 1. The molecule has 2 saturated carbocycles. The van der Waals surface area contributed by atoms with Crippen LogP contribution < -0.4 is 5.32 Å². The van der Waals surface area contributed by atoms with Crippen LogP contribution in [0.3, 0.4) is 0 Å². The van der Waals surface area contributed by atoms with Crippen molar-refractivity contribution in [2.45, 2.75) is 24.8 Å². The summed E-state index contributed by atoms with van der Waals surface area (Å²) in [5.41, 5.74) is 1.74. The van der Waals surface area contributed by atoms with E-state index in [4.69, 9.17) is 4.42 Å². The number of carbonyl (C=O) groups excluding carboxylic acids is 1. The van der Waals surface area contributed by atoms with E-state index in [-0.39, 0.29) is 11.9 Å². The minimum Gasteiger partial charge on any atom is -0.463 e. The number of nitrogens with zero attached hydrogens (tertiary/aromatic N) is 1. The Balaban J connectivity index is 1.47. The van der Waals surface area contributed by atoms with E-state index in [1.165, 1.54) is 0 Å². The van der Waals surface area contributed by atoms with Gasteiger partial charge in [-0.1, -0.05) is 18.2 Å². The first-order valence-electron chi connectivity index (χ1n) is 8.66. The lowest BCUT2D eigenvalue weighted by Crippen LogP contribution is -2.35. The lowest BCUT2D eigenvalue weighted by atomic mass is 10.0. The van der Waals surface area contributed by atoms with Gasteiger partial charge in [-0.15, -0.1) is 0 Å². The summed E-state index contributed by atoms with van der Waals surface area (Å²) in [5.74, 6) is -3.35. The van der Waals surface area contributed by atoms with E-state index in [0.717, 1.165) is 5.39 Å². The van der Waals surface area contributed by atoms with Gasteiger partial charge in [0.05, 0.1) is 17.3 Å². The molecule has 2 atom stereocenters. The summed E-state index contributed by atoms with van der Waals surface area (Å²) in [7, 11) is 0. The molecule has 3 aromatic rings. The molecule has 2 aliphatic carbocycles. The number of pyridine rings is 1. The zero-order valence-electron chi connectivity index (χ0n) is 13.8. The Morgan fingerprint density at radius 1 is 1.15 bits per heavy atom. The summed E-state index contributed by atoms with van der Waals surface area (Å²) < 4.78 is 32.1. The third kappa shape index (κ3) is 2.32. The fourth-order valence-electron chi connectivity index (χ4n) is 4.11. The number of halogens is 2. The van der Waals surface area contributed by atoms with Gasteiger partial charge in [0.25, 0.3) is 11.8 Å². The van der Waals surface area contributed by atoms with Crippen LogP contribution in [0.2, 0.25) is 0 Å². The molecule has 0 spiro atoms. The molecule has 0 saturated heterocycles. The Hall–Kier alpha value is -2.76. The summed E-state index contributed by atoms with van der Waals surface area (Å²) in [6, 6.07) is 12.4. The molecule has 4 nitrogen and oxygen atoms in total. The molecule has 1 amide bonds. The Morgan fingerprint density at radius 2 is 1.92 bits per heavy atom. The second kappa shape index (κ2) is 5.37. The summed E-state index contributed by atoms with van der Waals surface area (Å²) in [4.78, 5) is 17.4. The molecule has 6 heteroatoms. The van der Waals surface area contributed by atoms with E-state index in [1.54, 1.807) is 24.5 Å². The van der Waals surface area contributed by atoms with Crippen LogP contribution in [-0.4, -0.2) is 22.9 Å². The van der Waals surface area contributed by atoms with Gasteiger partial charge in [-0.25, -0.2) is 13.8 Å². The molecule has 2 unspecified atom stereocenters. The van der Waals surface area contributed by atoms with E-state index in [2.05, 4.69) is 10.3 Å². The summed E-state index contributed by atoms with van der Waals surface area (Å²) >= 11 is 0. The molecule has 2 fully saturated rings. The third-order valence-electron chi connectivity index (χ3n) is 5.51. The van der Waals surface area contributed by atoms with Crippen LogP contribution in [0.25, 0.3) is 22.4 Å². The van der Waals surface area contributed by atoms with Crippen molar-refractivity contribution in [2.24, 2.45) is 11.8 Å². The van der Waals surface area contributed by atoms with E-state index in [9.17, 15) is 13.6 Å². The zero-order chi connectivity index (χ0) is 17.9. The second-order valence-electron chi connectivity index (χ2n) is 7.08. The van der Waals surface area contributed by atoms with Gasteiger partial charge in [0, 0.05) is 23.3 Å². The van der Waals surface area contributed by atoms with E-state index < -0.39 is 17.8 Å². The number of hydrogen-bond acceptors (Lipinski definition) is 3. The smallest absolute Gasteiger partial charge is 0.254 e. The standard InChI is InChI=1S/C20H16F2N2O2/c21-20(22)14-8-11(9-15(14)20)23-19(25)13-10-17(18-6-3-7-26-18)24-16-5-2-1-4-12(13)16/h1-7,10-11,14-15H,8-9H2,(H,23,25). The molecule has 1 N–H and O–H groups in total. The highest BCUT2D eigenvalue weighted by Gasteiger charge is 2.71. The number of rotatable bonds is 3. The minimum absolute atomic E-state index is 0.198. The summed E-state index contributed by atoms with van der Waals surface area (Å²) in [5, 5.41) is 3.66. The maximum absolute atomic E-state index is 13.4. The highest BCUT2D eigenvalue weighted by molar-refractivity contribution is 6.07. The number of para-hydroxylation sites is 1. The van der Waals surface area contributed by atoms with Crippen LogP contribution in [-0.2, 0) is 0 Å². The first-order chi connectivity index (χ1) is 12.5. The van der Waals surface area contributed by atoms with E-state index in [0.29, 0.717) is 35.4 Å². The summed E-state index contributed by atoms with van der Waals surface area (Å²) in [6.07, 6.45) is 2.24. The lowest BCUT2D eigenvalue weighted by molar-refractivity contribution is 0.0649. The monoisotopic (exact) mass is 354 g/mol. The molecular formula is C20H16F2N2O2. The van der Waals surface area contributed by atoms with Crippen molar-refractivity contribution in [3.05, 3.63) is 54.3 Å². The topological polar surface area (TPSA) is 55.1 Å². The highest BCUT2D eigenvalue weighted by Crippen LogP contribution is 2.64. The molecule has 0 radical (unpaired) electrons. The number of nitrogens with one attached hydrogen (secondary N) is 1. The number of hydrogen-bond donors (Lipinski definition) is 1. The van der Waals surface area contributed by atoms with Gasteiger partial charge in [-0.05, 0) is 37.1 Å². The van der Waals surface area contributed by atoms with Crippen molar-refractivity contribution < 1.29 is 18.0 Å². The molecule has 132 valence electrons. The zero-order valence-corrected chi connectivity index (χ0v) is 13.8. The van der Waals surface area contributed by atoms with Crippen LogP contribution in [0.5, 0.6) is 0 Å². The van der Waals surface area contributed by atoms with Crippen molar-refractivity contribution in [1.82, 2.24) is 10.3 Å². The van der Waals surface area contributed by atoms with Gasteiger partial charge in [0.1, 0.15) is 5.69 Å². The van der Waals surface area contributed by atoms with Crippen molar-refractivity contribution >= 4 is 16.8 Å². The first kappa shape index (κ1) is 15.5. The molecule has 5 rings (SSSR count). The van der Waals surface area contributed by atoms with Crippen LogP contribution in [0.15, 0.2) is 53.1 Å². The average Bonchev–Trinajstić information content (AvgIpc) is 3.12. The minimum atomic E-state index is -2.53. The lowest BCUT2D eigenvalue weighted by Gasteiger charge is -2.17. The maximum Gasteiger partial charge on any atom is 0.254 e. The quantitative estimate of drug-likeness (QED) is 0.764. The van der Waals surface area contributed by atoms with Crippen LogP contribution >= 0.6 is 0 Å². The molecule has 2 aromatic heterocycles. The molecule has 0 bridgehead atoms. The van der Waals surface area contributed by atoms with Gasteiger partial charge < -0.3 is 9.73 Å². The highest BCUT2D eigenvalue weighted by atomic mass is 19.3. The van der Waals surface area contributed by atoms with Crippen molar-refractivity contribution in [1.29, 1.82) is 0 Å². The van der Waals surface area contributed by atoms with Gasteiger partial charge in [0.2, 0.25) is 0 Å². The van der Waals surface area contributed by atoms with Gasteiger partial charge in [-0.2, -0.15) is 0 Å². The van der Waals surface area contributed by atoms with E-state index >= 15 is 0 Å². The average molecular weight is 354 g/mol. The molecular weight excluding hydrogens is 338 g/mol. The molecule has 2 aliphatic rings. The van der Waals surface area contributed by atoms with Gasteiger partial charge >= 0.3 is 0 Å². The Bertz CT molecular complexity index is 986. The second-order valence-corrected chi connectivity index (χ2v) is 7.08. The number of carbonyl (C=O) groups is 1. The van der Waals surface area contributed by atoms with Crippen LogP contribution in [0.4, 0.5) is 8.78 Å².